The van der Waals surface area contributed by atoms with Gasteiger partial charge in [0, 0.05) is 18.6 Å². The van der Waals surface area contributed by atoms with Gasteiger partial charge < -0.3 is 15.0 Å². The van der Waals surface area contributed by atoms with E-state index in [1.807, 2.05) is 68.0 Å². The first-order valence-electron chi connectivity index (χ1n) is 23.1. The Hall–Kier alpha value is -7.87. The molecule has 10 rings (SSSR count). The maximum atomic E-state index is 7.03. The Morgan fingerprint density at radius 2 is 0.914 bits per heavy atom. The third-order valence-electron chi connectivity index (χ3n) is 12.1. The molecule has 7 aromatic carbocycles. The summed E-state index contributed by atoms with van der Waals surface area (Å²) in [5, 5.41) is 0. The third-order valence-corrected chi connectivity index (χ3v) is 12.1. The molecule has 10 aromatic rings. The van der Waals surface area contributed by atoms with Crippen molar-refractivity contribution in [2.45, 2.75) is 48.5 Å². The summed E-state index contributed by atoms with van der Waals surface area (Å²) < 4.78 is 0. The summed E-state index contributed by atoms with van der Waals surface area (Å²) in [7, 11) is 0. The SMILES string of the molecule is Cc1ccc(-c2[c-]cc(C)c(-c3ccc(-c4ccc(C)cc4C)cc3)c2)nc1.Cc1ccc(-c2[c-]cccc2)nc1.[C-]#[N+]c1c[c-]c(-c2ccc(-c3ccc(-c4ccccc4C)c(C)c3)cn2)cc1.[Ir+3]. The van der Waals surface area contributed by atoms with Crippen LogP contribution in [0.2, 0.25) is 0 Å². The van der Waals surface area contributed by atoms with Crippen LogP contribution in [0, 0.1) is 73.2 Å². The fourth-order valence-corrected chi connectivity index (χ4v) is 8.19. The van der Waals surface area contributed by atoms with Crippen molar-refractivity contribution in [2.75, 3.05) is 0 Å². The van der Waals surface area contributed by atoms with Crippen LogP contribution in [0.15, 0.2) is 195 Å². The van der Waals surface area contributed by atoms with E-state index in [0.717, 1.165) is 50.5 Å². The largest absolute Gasteiger partial charge is 3.00 e. The molecule has 0 N–H and O–H groups in total. The van der Waals surface area contributed by atoms with Crippen LogP contribution >= 0.6 is 0 Å². The van der Waals surface area contributed by atoms with Gasteiger partial charge in [0.15, 0.2) is 0 Å². The molecule has 0 saturated carbocycles. The Balaban J connectivity index is 0.000000164. The molecule has 5 heteroatoms. The Labute approximate surface area is 428 Å². The third kappa shape index (κ3) is 12.4. The zero-order valence-electron chi connectivity index (χ0n) is 40.6. The molecule has 3 heterocycles. The van der Waals surface area contributed by atoms with Crippen LogP contribution in [0.1, 0.15) is 38.9 Å². The standard InChI is InChI=1S/C27H24N.C26H19N2.C12H10N.Ir/c1-18-5-13-25(21(4)15-18)22-9-11-23(12-10-22)26-16-24(8-7-20(26)3)27-14-6-19(2)17-28-27;1-18-6-4-5-7-24(18)25-14-10-21(16-19(25)2)22-11-15-26(28-17-22)20-8-12-23(27-3)13-9-20;1-10-7-8-12(13-9-10)11-5-3-2-4-6-11;/h5-7,9-17H,1-4H3;4-8,10-17H,1-2H3;2-5,7-9H,1H3;/q3*-1;+3. The number of rotatable bonds is 7. The van der Waals surface area contributed by atoms with E-state index in [1.165, 1.54) is 66.8 Å². The van der Waals surface area contributed by atoms with Crippen LogP contribution < -0.4 is 0 Å². The summed E-state index contributed by atoms with van der Waals surface area (Å²) in [6.45, 7) is 21.9. The van der Waals surface area contributed by atoms with Crippen LogP contribution in [-0.2, 0) is 20.1 Å². The molecule has 0 fully saturated rings. The van der Waals surface area contributed by atoms with E-state index < -0.39 is 0 Å². The first-order valence-corrected chi connectivity index (χ1v) is 23.1. The van der Waals surface area contributed by atoms with Crippen LogP contribution in [0.3, 0.4) is 0 Å². The van der Waals surface area contributed by atoms with Gasteiger partial charge in [-0.15, -0.1) is 82.9 Å². The van der Waals surface area contributed by atoms with Crippen molar-refractivity contribution in [1.29, 1.82) is 0 Å². The first-order chi connectivity index (χ1) is 33.5. The van der Waals surface area contributed by atoms with Crippen LogP contribution in [0.4, 0.5) is 5.69 Å². The summed E-state index contributed by atoms with van der Waals surface area (Å²) >= 11 is 0. The van der Waals surface area contributed by atoms with E-state index in [0.29, 0.717) is 5.69 Å². The number of nitrogens with zero attached hydrogens (tertiary/aromatic N) is 4. The minimum atomic E-state index is 0. The molecule has 0 spiro atoms. The fraction of sp³-hybridized carbons (Fsp3) is 0.108. The fourth-order valence-electron chi connectivity index (χ4n) is 8.19. The molecule has 0 bridgehead atoms. The average Bonchev–Trinajstić information content (AvgIpc) is 3.38. The molecule has 342 valence electrons. The summed E-state index contributed by atoms with van der Waals surface area (Å²) in [5.74, 6) is 0. The minimum Gasteiger partial charge on any atom is -0.304 e. The molecule has 0 radical (unpaired) electrons. The summed E-state index contributed by atoms with van der Waals surface area (Å²) in [6, 6.07) is 70.0. The van der Waals surface area contributed by atoms with Crippen molar-refractivity contribution in [3.63, 3.8) is 0 Å². The van der Waals surface area contributed by atoms with Gasteiger partial charge in [0.25, 0.3) is 0 Å². The van der Waals surface area contributed by atoms with E-state index in [9.17, 15) is 0 Å². The van der Waals surface area contributed by atoms with E-state index >= 15 is 0 Å². The Kier molecular flexibility index (Phi) is 16.7. The summed E-state index contributed by atoms with van der Waals surface area (Å²) in [4.78, 5) is 16.9. The van der Waals surface area contributed by atoms with E-state index in [1.54, 1.807) is 12.1 Å². The monoisotopic (exact) mass is 1080 g/mol. The normalized spacial score (nSPS) is 10.4. The van der Waals surface area contributed by atoms with Crippen LogP contribution in [0.5, 0.6) is 0 Å². The van der Waals surface area contributed by atoms with Crippen LogP contribution in [0.25, 0.3) is 83.1 Å². The molecule has 0 unspecified atom stereocenters. The molecule has 0 aliphatic carbocycles. The molecule has 0 saturated heterocycles. The number of aryl methyl sites for hydroxylation is 7. The van der Waals surface area contributed by atoms with Gasteiger partial charge >= 0.3 is 20.1 Å². The number of pyridine rings is 3. The van der Waals surface area contributed by atoms with Crippen molar-refractivity contribution in [1.82, 2.24) is 15.0 Å². The van der Waals surface area contributed by atoms with Crippen molar-refractivity contribution in [3.8, 4) is 78.3 Å². The molecule has 0 aliphatic rings. The second kappa shape index (κ2) is 23.4. The second-order valence-corrected chi connectivity index (χ2v) is 17.4. The van der Waals surface area contributed by atoms with Gasteiger partial charge in [-0.05, 0) is 125 Å². The molecule has 3 aromatic heterocycles. The number of benzene rings is 7. The number of hydrogen-bond donors (Lipinski definition) is 0. The van der Waals surface area contributed by atoms with Crippen molar-refractivity contribution in [3.05, 3.63) is 263 Å². The topological polar surface area (TPSA) is 43.0 Å². The molecule has 4 nitrogen and oxygen atoms in total. The molecule has 70 heavy (non-hydrogen) atoms. The van der Waals surface area contributed by atoms with Crippen LogP contribution in [-0.4, -0.2) is 15.0 Å². The second-order valence-electron chi connectivity index (χ2n) is 17.4. The Morgan fingerprint density at radius 3 is 1.49 bits per heavy atom. The van der Waals surface area contributed by atoms with E-state index in [2.05, 4.69) is 201 Å². The quantitative estimate of drug-likeness (QED) is 0.149. The van der Waals surface area contributed by atoms with Crippen molar-refractivity contribution >= 4 is 5.69 Å². The smallest absolute Gasteiger partial charge is 0.304 e. The maximum absolute atomic E-state index is 7.03. The van der Waals surface area contributed by atoms with Gasteiger partial charge in [-0.1, -0.05) is 152 Å². The molecular weight excluding hydrogens is 1030 g/mol. The van der Waals surface area contributed by atoms with E-state index in [4.69, 9.17) is 6.57 Å². The zero-order valence-corrected chi connectivity index (χ0v) is 43.0. The zero-order chi connectivity index (χ0) is 48.3. The number of hydrogen-bond acceptors (Lipinski definition) is 3. The van der Waals surface area contributed by atoms with Gasteiger partial charge in [-0.2, -0.15) is 4.85 Å². The molecule has 0 aliphatic heterocycles. The maximum Gasteiger partial charge on any atom is 3.00 e. The van der Waals surface area contributed by atoms with Gasteiger partial charge in [0.05, 0.1) is 0 Å². The van der Waals surface area contributed by atoms with Gasteiger partial charge in [-0.25, -0.2) is 0 Å². The molecular formula is C65H53IrN4. The van der Waals surface area contributed by atoms with Gasteiger partial charge in [-0.3, -0.25) is 0 Å². The van der Waals surface area contributed by atoms with Crippen molar-refractivity contribution < 1.29 is 20.1 Å². The van der Waals surface area contributed by atoms with E-state index in [-0.39, 0.29) is 20.1 Å². The Bertz CT molecular complexity index is 3350. The minimum absolute atomic E-state index is 0. The van der Waals surface area contributed by atoms with Gasteiger partial charge in [0.1, 0.15) is 6.57 Å². The molecule has 0 amide bonds. The van der Waals surface area contributed by atoms with Crippen molar-refractivity contribution in [2.24, 2.45) is 0 Å². The first kappa shape index (κ1) is 50.0. The average molecular weight is 1080 g/mol. The Morgan fingerprint density at radius 1 is 0.371 bits per heavy atom. The number of aromatic nitrogens is 3. The predicted molar refractivity (Wildman–Crippen MR) is 287 cm³/mol. The van der Waals surface area contributed by atoms with Gasteiger partial charge in [0.2, 0.25) is 5.69 Å². The summed E-state index contributed by atoms with van der Waals surface area (Å²) in [6.07, 6.45) is 5.67. The summed E-state index contributed by atoms with van der Waals surface area (Å²) in [5.41, 5.74) is 24.8. The molecule has 0 atom stereocenters. The predicted octanol–water partition coefficient (Wildman–Crippen LogP) is 17.0.